The first kappa shape index (κ1) is 19.6. The molecule has 144 valence electrons. The average Bonchev–Trinajstić information content (AvgIpc) is 3.23. The monoisotopic (exact) mass is 443 g/mol. The Morgan fingerprint density at radius 1 is 1.07 bits per heavy atom. The van der Waals surface area contributed by atoms with Gasteiger partial charge in [-0.25, -0.2) is 9.67 Å². The van der Waals surface area contributed by atoms with Crippen molar-refractivity contribution >= 4 is 39.1 Å². The molecule has 1 heterocycles. The number of ether oxygens (including phenoxy) is 1. The number of rotatable bonds is 7. The maximum Gasteiger partial charge on any atom is 0.262 e. The highest BCUT2D eigenvalue weighted by Gasteiger charge is 2.15. The van der Waals surface area contributed by atoms with Crippen molar-refractivity contribution in [3.05, 3.63) is 65.7 Å². The molecule has 28 heavy (non-hydrogen) atoms. The van der Waals surface area contributed by atoms with Crippen molar-refractivity contribution in [1.82, 2.24) is 14.8 Å². The Labute approximate surface area is 170 Å². The number of nitrogens with zero attached hydrogens (tertiary/aromatic N) is 3. The zero-order chi connectivity index (χ0) is 19.9. The number of carbonyl (C=O) groups is 2. The Balaban J connectivity index is 1.49. The molecule has 0 aliphatic heterocycles. The third kappa shape index (κ3) is 5.40. The SMILES string of the molecule is CC(C(=O)Nc1ccc(NC(=O)COc2ccc(Br)cc2)cc1)n1cncn1. The molecule has 1 unspecified atom stereocenters. The molecule has 0 aliphatic carbocycles. The first-order valence-electron chi connectivity index (χ1n) is 8.44. The van der Waals surface area contributed by atoms with Crippen molar-refractivity contribution in [2.45, 2.75) is 13.0 Å². The summed E-state index contributed by atoms with van der Waals surface area (Å²) in [4.78, 5) is 28.1. The number of hydrogen-bond donors (Lipinski definition) is 2. The Morgan fingerprint density at radius 3 is 2.32 bits per heavy atom. The van der Waals surface area contributed by atoms with Crippen LogP contribution < -0.4 is 15.4 Å². The molecule has 2 aromatic carbocycles. The van der Waals surface area contributed by atoms with Crippen LogP contribution in [-0.2, 0) is 9.59 Å². The van der Waals surface area contributed by atoms with Gasteiger partial charge in [0.1, 0.15) is 24.4 Å². The fourth-order valence-corrected chi connectivity index (χ4v) is 2.56. The van der Waals surface area contributed by atoms with E-state index in [0.717, 1.165) is 4.47 Å². The number of aromatic nitrogens is 3. The molecular formula is C19H18BrN5O3. The highest BCUT2D eigenvalue weighted by Crippen LogP contribution is 2.17. The molecule has 0 saturated carbocycles. The molecule has 3 aromatic rings. The van der Waals surface area contributed by atoms with Crippen molar-refractivity contribution in [3.63, 3.8) is 0 Å². The van der Waals surface area contributed by atoms with Crippen LogP contribution in [0, 0.1) is 0 Å². The summed E-state index contributed by atoms with van der Waals surface area (Å²) in [5.41, 5.74) is 1.22. The summed E-state index contributed by atoms with van der Waals surface area (Å²) in [6.07, 6.45) is 2.86. The fraction of sp³-hybridized carbons (Fsp3) is 0.158. The van der Waals surface area contributed by atoms with Crippen LogP contribution >= 0.6 is 15.9 Å². The van der Waals surface area contributed by atoms with Gasteiger partial charge in [-0.3, -0.25) is 9.59 Å². The van der Waals surface area contributed by atoms with E-state index in [9.17, 15) is 9.59 Å². The topological polar surface area (TPSA) is 98.1 Å². The summed E-state index contributed by atoms with van der Waals surface area (Å²) in [6.45, 7) is 1.62. The highest BCUT2D eigenvalue weighted by molar-refractivity contribution is 9.10. The Kier molecular flexibility index (Phi) is 6.38. The molecule has 0 saturated heterocycles. The normalized spacial score (nSPS) is 11.5. The van der Waals surface area contributed by atoms with Crippen molar-refractivity contribution in [3.8, 4) is 5.75 Å². The smallest absolute Gasteiger partial charge is 0.262 e. The van der Waals surface area contributed by atoms with E-state index in [1.807, 2.05) is 12.1 Å². The second kappa shape index (κ2) is 9.14. The van der Waals surface area contributed by atoms with Gasteiger partial charge >= 0.3 is 0 Å². The van der Waals surface area contributed by atoms with E-state index in [1.54, 1.807) is 43.3 Å². The number of anilines is 2. The molecule has 9 heteroatoms. The zero-order valence-corrected chi connectivity index (χ0v) is 16.6. The molecule has 0 aliphatic rings. The largest absolute Gasteiger partial charge is 0.484 e. The highest BCUT2D eigenvalue weighted by atomic mass is 79.9. The van der Waals surface area contributed by atoms with Gasteiger partial charge in [-0.15, -0.1) is 0 Å². The number of halogens is 1. The van der Waals surface area contributed by atoms with Gasteiger partial charge in [0.2, 0.25) is 5.91 Å². The lowest BCUT2D eigenvalue weighted by Crippen LogP contribution is -2.24. The molecule has 1 atom stereocenters. The van der Waals surface area contributed by atoms with Gasteiger partial charge in [-0.1, -0.05) is 15.9 Å². The lowest BCUT2D eigenvalue weighted by Gasteiger charge is -2.12. The molecule has 3 rings (SSSR count). The predicted molar refractivity (Wildman–Crippen MR) is 108 cm³/mol. The van der Waals surface area contributed by atoms with Crippen LogP contribution in [0.15, 0.2) is 65.7 Å². The van der Waals surface area contributed by atoms with Gasteiger partial charge in [-0.2, -0.15) is 5.10 Å². The summed E-state index contributed by atoms with van der Waals surface area (Å²) in [5, 5.41) is 9.49. The number of nitrogens with one attached hydrogen (secondary N) is 2. The molecule has 0 radical (unpaired) electrons. The van der Waals surface area contributed by atoms with E-state index in [1.165, 1.54) is 17.3 Å². The maximum absolute atomic E-state index is 12.2. The Morgan fingerprint density at radius 2 is 1.71 bits per heavy atom. The molecule has 1 aromatic heterocycles. The summed E-state index contributed by atoms with van der Waals surface area (Å²) in [5.74, 6) is 0.114. The predicted octanol–water partition coefficient (Wildman–Crippen LogP) is 3.26. The summed E-state index contributed by atoms with van der Waals surface area (Å²) >= 11 is 3.34. The van der Waals surface area contributed by atoms with Gasteiger partial charge in [0.25, 0.3) is 5.91 Å². The van der Waals surface area contributed by atoms with Gasteiger partial charge in [0.05, 0.1) is 0 Å². The number of amides is 2. The number of carbonyl (C=O) groups excluding carboxylic acids is 2. The van der Waals surface area contributed by atoms with Crippen LogP contribution in [0.5, 0.6) is 5.75 Å². The van der Waals surface area contributed by atoms with E-state index in [-0.39, 0.29) is 18.4 Å². The first-order valence-corrected chi connectivity index (χ1v) is 9.24. The van der Waals surface area contributed by atoms with Crippen LogP contribution in [0.1, 0.15) is 13.0 Å². The minimum atomic E-state index is -0.488. The quantitative estimate of drug-likeness (QED) is 0.583. The second-order valence-corrected chi connectivity index (χ2v) is 6.82. The molecule has 8 nitrogen and oxygen atoms in total. The van der Waals surface area contributed by atoms with Crippen LogP contribution in [0.3, 0.4) is 0 Å². The van der Waals surface area contributed by atoms with E-state index >= 15 is 0 Å². The van der Waals surface area contributed by atoms with Crippen LogP contribution in [0.4, 0.5) is 11.4 Å². The Hall–Kier alpha value is -3.20. The summed E-state index contributed by atoms with van der Waals surface area (Å²) in [7, 11) is 0. The number of benzene rings is 2. The third-order valence-corrected chi connectivity index (χ3v) is 4.36. The Bertz CT molecular complexity index is 927. The third-order valence-electron chi connectivity index (χ3n) is 3.83. The van der Waals surface area contributed by atoms with Gasteiger partial charge in [-0.05, 0) is 55.5 Å². The lowest BCUT2D eigenvalue weighted by atomic mass is 10.2. The second-order valence-electron chi connectivity index (χ2n) is 5.91. The van der Waals surface area contributed by atoms with E-state index in [0.29, 0.717) is 17.1 Å². The van der Waals surface area contributed by atoms with Gasteiger partial charge in [0, 0.05) is 15.8 Å². The number of hydrogen-bond acceptors (Lipinski definition) is 5. The van der Waals surface area contributed by atoms with Crippen molar-refractivity contribution < 1.29 is 14.3 Å². The summed E-state index contributed by atoms with van der Waals surface area (Å²) < 4.78 is 7.83. The van der Waals surface area contributed by atoms with E-state index in [2.05, 4.69) is 36.6 Å². The average molecular weight is 444 g/mol. The molecule has 2 amide bonds. The molecule has 0 bridgehead atoms. The first-order chi connectivity index (χ1) is 13.5. The van der Waals surface area contributed by atoms with Crippen LogP contribution in [-0.4, -0.2) is 33.2 Å². The fourth-order valence-electron chi connectivity index (χ4n) is 2.30. The van der Waals surface area contributed by atoms with Gasteiger partial charge < -0.3 is 15.4 Å². The van der Waals surface area contributed by atoms with Crippen molar-refractivity contribution in [2.75, 3.05) is 17.2 Å². The lowest BCUT2D eigenvalue weighted by molar-refractivity contribution is -0.119. The van der Waals surface area contributed by atoms with E-state index in [4.69, 9.17) is 4.74 Å². The standard InChI is InChI=1S/C19H18BrN5O3/c1-13(25-12-21-11-22-25)19(27)24-16-6-4-15(5-7-16)23-18(26)10-28-17-8-2-14(20)3-9-17/h2-9,11-13H,10H2,1H3,(H,23,26)(H,24,27). The van der Waals surface area contributed by atoms with Gasteiger partial charge in [0.15, 0.2) is 6.61 Å². The zero-order valence-electron chi connectivity index (χ0n) is 15.0. The molecule has 0 fully saturated rings. The molecule has 0 spiro atoms. The maximum atomic E-state index is 12.2. The minimum absolute atomic E-state index is 0.102. The molecule has 2 N–H and O–H groups in total. The van der Waals surface area contributed by atoms with Crippen molar-refractivity contribution in [1.29, 1.82) is 0 Å². The van der Waals surface area contributed by atoms with Crippen LogP contribution in [0.2, 0.25) is 0 Å². The molecular weight excluding hydrogens is 426 g/mol. The minimum Gasteiger partial charge on any atom is -0.484 e. The van der Waals surface area contributed by atoms with E-state index < -0.39 is 6.04 Å². The van der Waals surface area contributed by atoms with Crippen molar-refractivity contribution in [2.24, 2.45) is 0 Å². The van der Waals surface area contributed by atoms with Crippen LogP contribution in [0.25, 0.3) is 0 Å². The summed E-state index contributed by atoms with van der Waals surface area (Å²) in [6, 6.07) is 13.5.